The average molecular weight is 387 g/mol. The number of aromatic nitrogens is 2. The second-order valence-electron chi connectivity index (χ2n) is 5.71. The fraction of sp³-hybridized carbons (Fsp3) is 0.111. The molecule has 3 aromatic rings. The highest BCUT2D eigenvalue weighted by molar-refractivity contribution is 7.90. The van der Waals surface area contributed by atoms with Crippen molar-refractivity contribution in [2.24, 2.45) is 5.73 Å². The maximum absolute atomic E-state index is 11.6. The number of hydrogen-bond acceptors (Lipinski definition) is 5. The monoisotopic (exact) mass is 386 g/mol. The van der Waals surface area contributed by atoms with E-state index in [-0.39, 0.29) is 17.1 Å². The summed E-state index contributed by atoms with van der Waals surface area (Å²) in [6, 6.07) is 15.4. The molecule has 0 atom stereocenters. The minimum absolute atomic E-state index is 0.227. The highest BCUT2D eigenvalue weighted by atomic mass is 35.5. The van der Waals surface area contributed by atoms with Crippen LogP contribution in [0, 0.1) is 11.3 Å². The fourth-order valence-electron chi connectivity index (χ4n) is 2.56. The second kappa shape index (κ2) is 6.92. The SMILES string of the molecule is CS(=O)(=O)c1ccc(-c2cc(C#N)nn2-c2ccc(Cl)c(CN)c2)cc1. The number of rotatable bonds is 4. The third-order valence-corrected chi connectivity index (χ3v) is 5.39. The van der Waals surface area contributed by atoms with Gasteiger partial charge in [-0.1, -0.05) is 23.7 Å². The summed E-state index contributed by atoms with van der Waals surface area (Å²) in [6.45, 7) is 0.275. The van der Waals surface area contributed by atoms with E-state index in [0.717, 1.165) is 17.4 Å². The van der Waals surface area contributed by atoms with Gasteiger partial charge in [0, 0.05) is 29.5 Å². The quantitative estimate of drug-likeness (QED) is 0.742. The molecule has 0 aliphatic carbocycles. The van der Waals surface area contributed by atoms with Crippen molar-refractivity contribution in [2.75, 3.05) is 6.26 Å². The van der Waals surface area contributed by atoms with Crippen LogP contribution in [0.15, 0.2) is 53.4 Å². The van der Waals surface area contributed by atoms with Crippen molar-refractivity contribution in [1.82, 2.24) is 9.78 Å². The predicted molar refractivity (Wildman–Crippen MR) is 99.7 cm³/mol. The average Bonchev–Trinajstić information content (AvgIpc) is 3.06. The lowest BCUT2D eigenvalue weighted by atomic mass is 10.1. The number of benzene rings is 2. The zero-order valence-corrected chi connectivity index (χ0v) is 15.4. The largest absolute Gasteiger partial charge is 0.326 e. The molecule has 6 nitrogen and oxygen atoms in total. The fourth-order valence-corrected chi connectivity index (χ4v) is 3.39. The summed E-state index contributed by atoms with van der Waals surface area (Å²) in [5, 5.41) is 14.1. The minimum atomic E-state index is -3.28. The molecule has 0 fully saturated rings. The van der Waals surface area contributed by atoms with Crippen molar-refractivity contribution in [3.05, 3.63) is 64.8 Å². The zero-order chi connectivity index (χ0) is 18.9. The number of nitriles is 1. The van der Waals surface area contributed by atoms with E-state index in [1.54, 1.807) is 35.0 Å². The number of halogens is 1. The van der Waals surface area contributed by atoms with Gasteiger partial charge in [-0.25, -0.2) is 13.1 Å². The molecule has 0 unspecified atom stereocenters. The van der Waals surface area contributed by atoms with Gasteiger partial charge in [0.1, 0.15) is 6.07 Å². The smallest absolute Gasteiger partial charge is 0.175 e. The Morgan fingerprint density at radius 1 is 1.19 bits per heavy atom. The summed E-state index contributed by atoms with van der Waals surface area (Å²) in [5.74, 6) is 0. The van der Waals surface area contributed by atoms with Gasteiger partial charge in [0.2, 0.25) is 0 Å². The van der Waals surface area contributed by atoms with Crippen LogP contribution in [0.25, 0.3) is 16.9 Å². The maximum Gasteiger partial charge on any atom is 0.175 e. The Morgan fingerprint density at radius 2 is 1.88 bits per heavy atom. The van der Waals surface area contributed by atoms with E-state index >= 15 is 0 Å². The van der Waals surface area contributed by atoms with E-state index in [1.807, 2.05) is 12.1 Å². The molecule has 0 saturated carbocycles. The second-order valence-corrected chi connectivity index (χ2v) is 8.14. The number of nitrogens with zero attached hydrogens (tertiary/aromatic N) is 3. The van der Waals surface area contributed by atoms with Crippen molar-refractivity contribution in [2.45, 2.75) is 11.4 Å². The Labute approximate surface area is 156 Å². The van der Waals surface area contributed by atoms with Gasteiger partial charge in [-0.05, 0) is 35.9 Å². The lowest BCUT2D eigenvalue weighted by Gasteiger charge is -2.10. The molecule has 26 heavy (non-hydrogen) atoms. The van der Waals surface area contributed by atoms with Crippen LogP contribution in [0.2, 0.25) is 5.02 Å². The Kier molecular flexibility index (Phi) is 4.83. The molecule has 0 radical (unpaired) electrons. The molecule has 2 aromatic carbocycles. The van der Waals surface area contributed by atoms with E-state index in [0.29, 0.717) is 16.4 Å². The number of sulfone groups is 1. The standard InChI is InChI=1S/C18H15ClN4O2S/c1-26(24,25)16-5-2-12(3-6-16)18-9-14(11-21)22-23(18)15-4-7-17(19)13(8-15)10-20/h2-9H,10,20H2,1H3. The Balaban J connectivity index is 2.15. The van der Waals surface area contributed by atoms with Gasteiger partial charge in [0.15, 0.2) is 15.5 Å². The van der Waals surface area contributed by atoms with Gasteiger partial charge in [-0.3, -0.25) is 0 Å². The maximum atomic E-state index is 11.6. The summed E-state index contributed by atoms with van der Waals surface area (Å²) in [5.41, 5.74) is 8.82. The van der Waals surface area contributed by atoms with Crippen LogP contribution in [0.4, 0.5) is 0 Å². The first kappa shape index (κ1) is 18.1. The van der Waals surface area contributed by atoms with Crippen LogP contribution in [0.1, 0.15) is 11.3 Å². The highest BCUT2D eigenvalue weighted by Crippen LogP contribution is 2.27. The Morgan fingerprint density at radius 3 is 2.46 bits per heavy atom. The normalized spacial score (nSPS) is 11.3. The topological polar surface area (TPSA) is 102 Å². The molecule has 0 amide bonds. The lowest BCUT2D eigenvalue weighted by molar-refractivity contribution is 0.602. The summed E-state index contributed by atoms with van der Waals surface area (Å²) < 4.78 is 24.9. The Hall–Kier alpha value is -2.66. The molecule has 0 aliphatic rings. The van der Waals surface area contributed by atoms with E-state index in [2.05, 4.69) is 5.10 Å². The molecule has 2 N–H and O–H groups in total. The van der Waals surface area contributed by atoms with Gasteiger partial charge in [-0.2, -0.15) is 10.4 Å². The first-order chi connectivity index (χ1) is 12.3. The molecule has 1 heterocycles. The minimum Gasteiger partial charge on any atom is -0.326 e. The van der Waals surface area contributed by atoms with Crippen molar-refractivity contribution in [3.8, 4) is 23.0 Å². The van der Waals surface area contributed by atoms with E-state index < -0.39 is 9.84 Å². The molecule has 3 rings (SSSR count). The molecule has 8 heteroatoms. The molecular formula is C18H15ClN4O2S. The molecule has 0 spiro atoms. The Bertz CT molecular complexity index is 1110. The van der Waals surface area contributed by atoms with Gasteiger partial charge in [0.25, 0.3) is 0 Å². The van der Waals surface area contributed by atoms with Crippen molar-refractivity contribution < 1.29 is 8.42 Å². The van der Waals surface area contributed by atoms with E-state index in [4.69, 9.17) is 17.3 Å². The van der Waals surface area contributed by atoms with Crippen LogP contribution in [-0.2, 0) is 16.4 Å². The third-order valence-electron chi connectivity index (χ3n) is 3.90. The molecule has 0 aliphatic heterocycles. The highest BCUT2D eigenvalue weighted by Gasteiger charge is 2.14. The number of hydrogen-bond donors (Lipinski definition) is 1. The zero-order valence-electron chi connectivity index (χ0n) is 13.8. The molecular weight excluding hydrogens is 372 g/mol. The molecule has 1 aromatic heterocycles. The van der Waals surface area contributed by atoms with Crippen LogP contribution in [0.5, 0.6) is 0 Å². The van der Waals surface area contributed by atoms with Crippen LogP contribution >= 0.6 is 11.6 Å². The van der Waals surface area contributed by atoms with Gasteiger partial charge in [-0.15, -0.1) is 0 Å². The first-order valence-corrected chi connectivity index (χ1v) is 9.90. The summed E-state index contributed by atoms with van der Waals surface area (Å²) in [6.07, 6.45) is 1.15. The summed E-state index contributed by atoms with van der Waals surface area (Å²) in [7, 11) is -3.28. The summed E-state index contributed by atoms with van der Waals surface area (Å²) in [4.78, 5) is 0.227. The van der Waals surface area contributed by atoms with Gasteiger partial charge >= 0.3 is 0 Å². The van der Waals surface area contributed by atoms with Gasteiger partial charge in [0.05, 0.1) is 16.3 Å². The lowest BCUT2D eigenvalue weighted by Crippen LogP contribution is -2.03. The predicted octanol–water partition coefficient (Wildman–Crippen LogP) is 2.93. The van der Waals surface area contributed by atoms with Crippen LogP contribution in [-0.4, -0.2) is 24.5 Å². The van der Waals surface area contributed by atoms with E-state index in [9.17, 15) is 13.7 Å². The third kappa shape index (κ3) is 3.48. The molecule has 0 bridgehead atoms. The summed E-state index contributed by atoms with van der Waals surface area (Å²) >= 11 is 6.11. The van der Waals surface area contributed by atoms with Gasteiger partial charge < -0.3 is 5.73 Å². The number of nitrogens with two attached hydrogens (primary N) is 1. The van der Waals surface area contributed by atoms with Crippen molar-refractivity contribution in [1.29, 1.82) is 5.26 Å². The van der Waals surface area contributed by atoms with E-state index in [1.165, 1.54) is 12.1 Å². The van der Waals surface area contributed by atoms with Crippen LogP contribution < -0.4 is 5.73 Å². The molecule has 0 saturated heterocycles. The molecule has 132 valence electrons. The first-order valence-electron chi connectivity index (χ1n) is 7.63. The van der Waals surface area contributed by atoms with Crippen molar-refractivity contribution in [3.63, 3.8) is 0 Å². The van der Waals surface area contributed by atoms with Crippen molar-refractivity contribution >= 4 is 21.4 Å². The van der Waals surface area contributed by atoms with Crippen LogP contribution in [0.3, 0.4) is 0 Å².